The Bertz CT molecular complexity index is 462. The van der Waals surface area contributed by atoms with Gasteiger partial charge in [0.2, 0.25) is 5.95 Å². The number of aromatic nitrogens is 2. The Balaban J connectivity index is 2.49. The zero-order valence-corrected chi connectivity index (χ0v) is 8.79. The lowest BCUT2D eigenvalue weighted by Crippen LogP contribution is -1.94. The number of rotatable bonds is 1. The van der Waals surface area contributed by atoms with Crippen molar-refractivity contribution in [2.45, 2.75) is 6.92 Å². The molecule has 4 heteroatoms. The SMILES string of the molecule is Cc1nc(F)cc(-c2ccc(Cl)cc2)n1. The molecule has 2 nitrogen and oxygen atoms in total. The molecule has 0 aliphatic carbocycles. The van der Waals surface area contributed by atoms with Gasteiger partial charge < -0.3 is 0 Å². The first kappa shape index (κ1) is 10.1. The van der Waals surface area contributed by atoms with Crippen LogP contribution in [0.4, 0.5) is 4.39 Å². The number of benzene rings is 1. The minimum atomic E-state index is -0.521. The smallest absolute Gasteiger partial charge is 0.216 e. The number of hydrogen-bond acceptors (Lipinski definition) is 2. The molecule has 0 unspecified atom stereocenters. The molecule has 0 aliphatic heterocycles. The first-order valence-electron chi connectivity index (χ1n) is 4.42. The Hall–Kier alpha value is -1.48. The topological polar surface area (TPSA) is 25.8 Å². The van der Waals surface area contributed by atoms with E-state index in [-0.39, 0.29) is 0 Å². The van der Waals surface area contributed by atoms with Gasteiger partial charge in [0.25, 0.3) is 0 Å². The van der Waals surface area contributed by atoms with Gasteiger partial charge in [-0.05, 0) is 19.1 Å². The minimum absolute atomic E-state index is 0.417. The second kappa shape index (κ2) is 3.95. The first-order chi connectivity index (χ1) is 7.15. The molecule has 2 rings (SSSR count). The summed E-state index contributed by atoms with van der Waals surface area (Å²) in [5.74, 6) is -0.104. The van der Waals surface area contributed by atoms with Gasteiger partial charge in [0, 0.05) is 16.7 Å². The Labute approximate surface area is 91.8 Å². The van der Waals surface area contributed by atoms with E-state index >= 15 is 0 Å². The van der Waals surface area contributed by atoms with Crippen molar-refractivity contribution in [3.63, 3.8) is 0 Å². The van der Waals surface area contributed by atoms with E-state index in [9.17, 15) is 4.39 Å². The monoisotopic (exact) mass is 222 g/mol. The lowest BCUT2D eigenvalue weighted by molar-refractivity contribution is 0.575. The number of halogens is 2. The molecular formula is C11H8ClFN2. The molecule has 0 atom stereocenters. The molecule has 0 saturated carbocycles. The minimum Gasteiger partial charge on any atom is -0.233 e. The van der Waals surface area contributed by atoms with Crippen molar-refractivity contribution < 1.29 is 4.39 Å². The largest absolute Gasteiger partial charge is 0.233 e. The summed E-state index contributed by atoms with van der Waals surface area (Å²) in [6, 6.07) is 8.38. The molecule has 0 radical (unpaired) electrons. The number of hydrogen-bond donors (Lipinski definition) is 0. The average Bonchev–Trinajstić information content (AvgIpc) is 2.17. The van der Waals surface area contributed by atoms with E-state index in [1.807, 2.05) is 0 Å². The highest BCUT2D eigenvalue weighted by atomic mass is 35.5. The van der Waals surface area contributed by atoms with Gasteiger partial charge in [0.05, 0.1) is 5.69 Å². The number of aryl methyl sites for hydroxylation is 1. The van der Waals surface area contributed by atoms with Gasteiger partial charge in [-0.1, -0.05) is 23.7 Å². The summed E-state index contributed by atoms with van der Waals surface area (Å²) in [6.45, 7) is 1.66. The fourth-order valence-corrected chi connectivity index (χ4v) is 1.43. The van der Waals surface area contributed by atoms with Gasteiger partial charge in [0.1, 0.15) is 5.82 Å². The molecule has 0 fully saturated rings. The standard InChI is InChI=1S/C11H8ClFN2/c1-7-14-10(6-11(13)15-7)8-2-4-9(12)5-3-8/h2-6H,1H3. The van der Waals surface area contributed by atoms with Crippen LogP contribution >= 0.6 is 11.6 Å². The summed E-state index contributed by atoms with van der Waals surface area (Å²) in [5.41, 5.74) is 1.39. The zero-order chi connectivity index (χ0) is 10.8. The van der Waals surface area contributed by atoms with E-state index in [0.717, 1.165) is 5.56 Å². The molecule has 76 valence electrons. The van der Waals surface area contributed by atoms with Crippen LogP contribution in [0.1, 0.15) is 5.82 Å². The van der Waals surface area contributed by atoms with Crippen molar-refractivity contribution >= 4 is 11.6 Å². The summed E-state index contributed by atoms with van der Waals surface area (Å²) in [7, 11) is 0. The predicted octanol–water partition coefficient (Wildman–Crippen LogP) is 3.24. The molecule has 0 bridgehead atoms. The van der Waals surface area contributed by atoms with E-state index < -0.39 is 5.95 Å². The van der Waals surface area contributed by atoms with Crippen molar-refractivity contribution in [2.24, 2.45) is 0 Å². The molecule has 2 aromatic rings. The van der Waals surface area contributed by atoms with Crippen molar-refractivity contribution in [3.05, 3.63) is 47.1 Å². The molecule has 15 heavy (non-hydrogen) atoms. The van der Waals surface area contributed by atoms with Gasteiger partial charge in [-0.25, -0.2) is 9.97 Å². The highest BCUT2D eigenvalue weighted by Crippen LogP contribution is 2.19. The molecule has 1 heterocycles. The van der Waals surface area contributed by atoms with E-state index in [0.29, 0.717) is 16.5 Å². The Kier molecular flexibility index (Phi) is 2.64. The van der Waals surface area contributed by atoms with Crippen LogP contribution in [-0.2, 0) is 0 Å². The van der Waals surface area contributed by atoms with E-state index in [4.69, 9.17) is 11.6 Å². The van der Waals surface area contributed by atoms with Crippen LogP contribution in [0.2, 0.25) is 5.02 Å². The summed E-state index contributed by atoms with van der Waals surface area (Å²) in [5, 5.41) is 0.644. The third-order valence-corrected chi connectivity index (χ3v) is 2.20. The molecule has 0 amide bonds. The lowest BCUT2D eigenvalue weighted by Gasteiger charge is -2.01. The maximum Gasteiger partial charge on any atom is 0.216 e. The highest BCUT2D eigenvalue weighted by Gasteiger charge is 2.03. The van der Waals surface area contributed by atoms with Gasteiger partial charge in [0.15, 0.2) is 0 Å². The van der Waals surface area contributed by atoms with E-state index in [2.05, 4.69) is 9.97 Å². The Morgan fingerprint density at radius 2 is 1.80 bits per heavy atom. The first-order valence-corrected chi connectivity index (χ1v) is 4.80. The van der Waals surface area contributed by atoms with Crippen LogP contribution in [0.5, 0.6) is 0 Å². The normalized spacial score (nSPS) is 10.3. The predicted molar refractivity (Wildman–Crippen MR) is 57.2 cm³/mol. The third-order valence-electron chi connectivity index (χ3n) is 1.95. The summed E-state index contributed by atoms with van der Waals surface area (Å²) in [4.78, 5) is 7.71. The van der Waals surface area contributed by atoms with E-state index in [1.54, 1.807) is 31.2 Å². The second-order valence-corrected chi connectivity index (χ2v) is 3.57. The quantitative estimate of drug-likeness (QED) is 0.693. The van der Waals surface area contributed by atoms with E-state index in [1.165, 1.54) is 6.07 Å². The third kappa shape index (κ3) is 2.30. The Morgan fingerprint density at radius 1 is 1.13 bits per heavy atom. The maximum atomic E-state index is 13.0. The fourth-order valence-electron chi connectivity index (χ4n) is 1.30. The van der Waals surface area contributed by atoms with Crippen molar-refractivity contribution in [3.8, 4) is 11.3 Å². The molecule has 0 saturated heterocycles. The second-order valence-electron chi connectivity index (χ2n) is 3.13. The molecule has 0 N–H and O–H groups in total. The fraction of sp³-hybridized carbons (Fsp3) is 0.0909. The van der Waals surface area contributed by atoms with Crippen molar-refractivity contribution in [1.29, 1.82) is 0 Å². The molecular weight excluding hydrogens is 215 g/mol. The maximum absolute atomic E-state index is 13.0. The summed E-state index contributed by atoms with van der Waals surface area (Å²) in [6.07, 6.45) is 0. The summed E-state index contributed by atoms with van der Waals surface area (Å²) < 4.78 is 13.0. The average molecular weight is 223 g/mol. The number of nitrogens with zero attached hydrogens (tertiary/aromatic N) is 2. The van der Waals surface area contributed by atoms with Gasteiger partial charge in [-0.2, -0.15) is 4.39 Å². The van der Waals surface area contributed by atoms with Crippen LogP contribution in [0, 0.1) is 12.9 Å². The molecule has 1 aromatic heterocycles. The van der Waals surface area contributed by atoms with Gasteiger partial charge >= 0.3 is 0 Å². The van der Waals surface area contributed by atoms with Crippen LogP contribution in [0.25, 0.3) is 11.3 Å². The zero-order valence-electron chi connectivity index (χ0n) is 8.04. The Morgan fingerprint density at radius 3 is 2.40 bits per heavy atom. The van der Waals surface area contributed by atoms with Crippen LogP contribution in [0.15, 0.2) is 30.3 Å². The highest BCUT2D eigenvalue weighted by molar-refractivity contribution is 6.30. The summed E-state index contributed by atoms with van der Waals surface area (Å²) >= 11 is 5.75. The lowest BCUT2D eigenvalue weighted by atomic mass is 10.1. The van der Waals surface area contributed by atoms with Gasteiger partial charge in [-0.15, -0.1) is 0 Å². The van der Waals surface area contributed by atoms with Crippen molar-refractivity contribution in [2.75, 3.05) is 0 Å². The molecule has 0 spiro atoms. The molecule has 1 aromatic carbocycles. The van der Waals surface area contributed by atoms with Crippen LogP contribution in [-0.4, -0.2) is 9.97 Å². The molecule has 0 aliphatic rings. The van der Waals surface area contributed by atoms with Gasteiger partial charge in [-0.3, -0.25) is 0 Å². The van der Waals surface area contributed by atoms with Crippen LogP contribution in [0.3, 0.4) is 0 Å². The van der Waals surface area contributed by atoms with Crippen molar-refractivity contribution in [1.82, 2.24) is 9.97 Å². The van der Waals surface area contributed by atoms with Crippen LogP contribution < -0.4 is 0 Å².